The molecule has 0 aliphatic carbocycles. The van der Waals surface area contributed by atoms with Crippen LogP contribution >= 0.6 is 23.2 Å². The van der Waals surface area contributed by atoms with E-state index in [0.29, 0.717) is 31.1 Å². The number of hydrogen-bond donors (Lipinski definition) is 0. The van der Waals surface area contributed by atoms with Crippen LogP contribution < -0.4 is 4.74 Å². The van der Waals surface area contributed by atoms with Crippen molar-refractivity contribution < 1.29 is 17.9 Å². The van der Waals surface area contributed by atoms with Crippen LogP contribution in [-0.4, -0.2) is 56.3 Å². The number of benzene rings is 2. The third-order valence-electron chi connectivity index (χ3n) is 5.28. The number of rotatable bonds is 3. The zero-order chi connectivity index (χ0) is 20.6. The highest BCUT2D eigenvalue weighted by Gasteiger charge is 2.35. The summed E-state index contributed by atoms with van der Waals surface area (Å²) in [6.45, 7) is 1.44. The molecule has 1 fully saturated rings. The Morgan fingerprint density at radius 2 is 1.76 bits per heavy atom. The Morgan fingerprint density at radius 3 is 2.48 bits per heavy atom. The Balaban J connectivity index is 1.41. The molecule has 1 amide bonds. The summed E-state index contributed by atoms with van der Waals surface area (Å²) in [7, 11) is -3.69. The fourth-order valence-electron chi connectivity index (χ4n) is 3.72. The molecule has 0 bridgehead atoms. The number of hydrogen-bond acceptors (Lipinski definition) is 4. The Morgan fingerprint density at radius 1 is 1.03 bits per heavy atom. The number of nitrogens with zero attached hydrogens (tertiary/aromatic N) is 2. The van der Waals surface area contributed by atoms with E-state index in [2.05, 4.69) is 0 Å². The Bertz CT molecular complexity index is 1040. The van der Waals surface area contributed by atoms with Crippen LogP contribution in [0.25, 0.3) is 0 Å². The lowest BCUT2D eigenvalue weighted by Crippen LogP contribution is -2.52. The van der Waals surface area contributed by atoms with Crippen molar-refractivity contribution in [3.8, 4) is 5.75 Å². The van der Waals surface area contributed by atoms with E-state index in [1.165, 1.54) is 10.4 Å². The summed E-state index contributed by atoms with van der Waals surface area (Å²) >= 11 is 12.1. The van der Waals surface area contributed by atoms with Crippen LogP contribution in [0, 0.1) is 5.92 Å². The third kappa shape index (κ3) is 4.10. The lowest BCUT2D eigenvalue weighted by atomic mass is 9.95. The zero-order valence-corrected chi connectivity index (χ0v) is 17.9. The molecule has 0 spiro atoms. The molecule has 0 saturated carbocycles. The van der Waals surface area contributed by atoms with Crippen molar-refractivity contribution in [1.82, 2.24) is 9.21 Å². The van der Waals surface area contributed by atoms with Crippen molar-refractivity contribution in [3.05, 3.63) is 58.1 Å². The molecule has 0 radical (unpaired) electrons. The fraction of sp³-hybridized carbons (Fsp3) is 0.350. The van der Waals surface area contributed by atoms with E-state index < -0.39 is 10.0 Å². The molecule has 1 saturated heterocycles. The van der Waals surface area contributed by atoms with Crippen molar-refractivity contribution in [2.45, 2.75) is 11.3 Å². The minimum atomic E-state index is -3.69. The van der Waals surface area contributed by atoms with Crippen molar-refractivity contribution >= 4 is 39.1 Å². The molecule has 4 rings (SSSR count). The number of ether oxygens (including phenoxy) is 1. The lowest BCUT2D eigenvalue weighted by molar-refractivity contribution is -0.138. The maximum Gasteiger partial charge on any atom is 0.244 e. The summed E-state index contributed by atoms with van der Waals surface area (Å²) < 4.78 is 32.8. The van der Waals surface area contributed by atoms with Gasteiger partial charge in [-0.2, -0.15) is 4.31 Å². The molecule has 2 aliphatic heterocycles. The van der Waals surface area contributed by atoms with Gasteiger partial charge in [-0.05, 0) is 42.3 Å². The van der Waals surface area contributed by atoms with Gasteiger partial charge in [-0.3, -0.25) is 4.79 Å². The molecular formula is C20H20Cl2N2O4S. The number of sulfonamides is 1. The van der Waals surface area contributed by atoms with Crippen LogP contribution in [0.5, 0.6) is 5.75 Å². The second-order valence-corrected chi connectivity index (χ2v) is 9.87. The maximum absolute atomic E-state index is 13.0. The number of halogens is 2. The van der Waals surface area contributed by atoms with Crippen molar-refractivity contribution in [3.63, 3.8) is 0 Å². The molecule has 0 unspecified atom stereocenters. The second kappa shape index (κ2) is 8.14. The Kier molecular flexibility index (Phi) is 5.75. The van der Waals surface area contributed by atoms with E-state index in [1.54, 1.807) is 29.2 Å². The summed E-state index contributed by atoms with van der Waals surface area (Å²) in [5.74, 6) is 0.437. The standard InChI is InChI=1S/C20H20Cl2N2O4S/c21-16-5-6-18-14(12-16)11-15(13-28-18)20(25)23-7-9-24(10-8-23)29(26,27)19-4-2-1-3-17(19)22/h1-6,12,15H,7-11,13H2/t15-/m1/s1. The van der Waals surface area contributed by atoms with Gasteiger partial charge in [-0.25, -0.2) is 8.42 Å². The van der Waals surface area contributed by atoms with E-state index in [4.69, 9.17) is 27.9 Å². The molecule has 2 heterocycles. The third-order valence-corrected chi connectivity index (χ3v) is 7.92. The maximum atomic E-state index is 13.0. The minimum absolute atomic E-state index is 0.0228. The molecule has 2 aromatic carbocycles. The van der Waals surface area contributed by atoms with Gasteiger partial charge in [0.15, 0.2) is 0 Å². The summed E-state index contributed by atoms with van der Waals surface area (Å²) in [6, 6.07) is 11.8. The van der Waals surface area contributed by atoms with Crippen LogP contribution in [-0.2, 0) is 21.2 Å². The Hall–Kier alpha value is -1.80. The molecule has 2 aliphatic rings. The first kappa shape index (κ1) is 20.5. The number of carbonyl (C=O) groups excluding carboxylic acids is 1. The van der Waals surface area contributed by atoms with Crippen molar-refractivity contribution in [2.24, 2.45) is 5.92 Å². The zero-order valence-electron chi connectivity index (χ0n) is 15.6. The smallest absolute Gasteiger partial charge is 0.244 e. The summed E-state index contributed by atoms with van der Waals surface area (Å²) in [4.78, 5) is 14.8. The van der Waals surface area contributed by atoms with Gasteiger partial charge in [0, 0.05) is 31.2 Å². The monoisotopic (exact) mass is 454 g/mol. The molecule has 29 heavy (non-hydrogen) atoms. The summed E-state index contributed by atoms with van der Waals surface area (Å²) in [5.41, 5.74) is 0.919. The van der Waals surface area contributed by atoms with Crippen LogP contribution in [0.4, 0.5) is 0 Å². The van der Waals surface area contributed by atoms with E-state index in [0.717, 1.165) is 11.3 Å². The topological polar surface area (TPSA) is 66.9 Å². The van der Waals surface area contributed by atoms with Crippen LogP contribution in [0.1, 0.15) is 5.56 Å². The number of amides is 1. The van der Waals surface area contributed by atoms with Crippen LogP contribution in [0.2, 0.25) is 10.0 Å². The van der Waals surface area contributed by atoms with Gasteiger partial charge in [0.1, 0.15) is 17.3 Å². The molecule has 1 atom stereocenters. The first-order chi connectivity index (χ1) is 13.9. The lowest BCUT2D eigenvalue weighted by Gasteiger charge is -2.36. The van der Waals surface area contributed by atoms with Crippen molar-refractivity contribution in [2.75, 3.05) is 32.8 Å². The molecule has 6 nitrogen and oxygen atoms in total. The molecular weight excluding hydrogens is 435 g/mol. The van der Waals surface area contributed by atoms with Gasteiger partial charge < -0.3 is 9.64 Å². The average Bonchev–Trinajstić information content (AvgIpc) is 2.73. The van der Waals surface area contributed by atoms with E-state index in [9.17, 15) is 13.2 Å². The second-order valence-electron chi connectivity index (χ2n) is 7.12. The van der Waals surface area contributed by atoms with E-state index in [1.807, 2.05) is 12.1 Å². The first-order valence-corrected chi connectivity index (χ1v) is 11.5. The van der Waals surface area contributed by atoms with Gasteiger partial charge in [0.05, 0.1) is 10.9 Å². The van der Waals surface area contributed by atoms with Crippen molar-refractivity contribution in [1.29, 1.82) is 0 Å². The first-order valence-electron chi connectivity index (χ1n) is 9.31. The van der Waals surface area contributed by atoms with Gasteiger partial charge in [0.2, 0.25) is 15.9 Å². The normalized spacial score (nSPS) is 20.1. The quantitative estimate of drug-likeness (QED) is 0.714. The molecule has 154 valence electrons. The Labute approximate surface area is 180 Å². The molecule has 0 N–H and O–H groups in total. The molecule has 0 aromatic heterocycles. The van der Waals surface area contributed by atoms with E-state index in [-0.39, 0.29) is 34.8 Å². The average molecular weight is 455 g/mol. The van der Waals surface area contributed by atoms with Crippen LogP contribution in [0.15, 0.2) is 47.4 Å². The van der Waals surface area contributed by atoms with Gasteiger partial charge in [-0.15, -0.1) is 0 Å². The highest BCUT2D eigenvalue weighted by molar-refractivity contribution is 7.89. The van der Waals surface area contributed by atoms with Crippen LogP contribution in [0.3, 0.4) is 0 Å². The number of piperazine rings is 1. The predicted octanol–water partition coefficient (Wildman–Crippen LogP) is 3.08. The van der Waals surface area contributed by atoms with Gasteiger partial charge in [-0.1, -0.05) is 35.3 Å². The highest BCUT2D eigenvalue weighted by atomic mass is 35.5. The summed E-state index contributed by atoms with van der Waals surface area (Å²) in [6.07, 6.45) is 0.562. The minimum Gasteiger partial charge on any atom is -0.492 e. The predicted molar refractivity (Wildman–Crippen MR) is 111 cm³/mol. The molecule has 2 aromatic rings. The SMILES string of the molecule is O=C([C@H]1COc2ccc(Cl)cc2C1)N1CCN(S(=O)(=O)c2ccccc2Cl)CC1. The van der Waals surface area contributed by atoms with Gasteiger partial charge in [0.25, 0.3) is 0 Å². The highest BCUT2D eigenvalue weighted by Crippen LogP contribution is 2.31. The van der Waals surface area contributed by atoms with Gasteiger partial charge >= 0.3 is 0 Å². The van der Waals surface area contributed by atoms with E-state index >= 15 is 0 Å². The summed E-state index contributed by atoms with van der Waals surface area (Å²) in [5, 5.41) is 0.807. The fourth-order valence-corrected chi connectivity index (χ4v) is 5.83. The molecule has 9 heteroatoms. The number of carbonyl (C=O) groups is 1. The largest absolute Gasteiger partial charge is 0.492 e. The number of fused-ring (bicyclic) bond motifs is 1.